The first-order valence-corrected chi connectivity index (χ1v) is 7.51. The van der Waals surface area contributed by atoms with Crippen molar-refractivity contribution in [2.45, 2.75) is 6.54 Å². The summed E-state index contributed by atoms with van der Waals surface area (Å²) >= 11 is 0. The molecule has 2 aromatic rings. The van der Waals surface area contributed by atoms with Gasteiger partial charge in [0.1, 0.15) is 12.4 Å². The monoisotopic (exact) mass is 327 g/mol. The van der Waals surface area contributed by atoms with Gasteiger partial charge in [0.05, 0.1) is 14.2 Å². The summed E-state index contributed by atoms with van der Waals surface area (Å²) in [5.41, 5.74) is 1.40. The van der Waals surface area contributed by atoms with Gasteiger partial charge in [-0.1, -0.05) is 24.8 Å². The smallest absolute Gasteiger partial charge is 0.251 e. The van der Waals surface area contributed by atoms with Gasteiger partial charge in [0.15, 0.2) is 11.5 Å². The fraction of sp³-hybridized carbons (Fsp3) is 0.211. The number of benzene rings is 2. The highest BCUT2D eigenvalue weighted by Gasteiger charge is 2.11. The molecule has 0 radical (unpaired) electrons. The molecule has 0 aliphatic rings. The minimum atomic E-state index is -0.171. The first-order chi connectivity index (χ1) is 11.7. The zero-order chi connectivity index (χ0) is 17.4. The summed E-state index contributed by atoms with van der Waals surface area (Å²) in [5.74, 6) is 1.78. The number of para-hydroxylation sites is 1. The predicted molar refractivity (Wildman–Crippen MR) is 92.9 cm³/mol. The summed E-state index contributed by atoms with van der Waals surface area (Å²) < 4.78 is 16.0. The van der Waals surface area contributed by atoms with Crippen LogP contribution < -0.4 is 19.5 Å². The van der Waals surface area contributed by atoms with E-state index in [2.05, 4.69) is 11.9 Å². The summed E-state index contributed by atoms with van der Waals surface area (Å²) in [6, 6.07) is 12.5. The number of carbonyl (C=O) groups is 1. The van der Waals surface area contributed by atoms with Crippen molar-refractivity contribution in [2.24, 2.45) is 0 Å². The number of hydrogen-bond donors (Lipinski definition) is 1. The molecule has 24 heavy (non-hydrogen) atoms. The molecule has 0 bridgehead atoms. The first kappa shape index (κ1) is 17.4. The molecule has 5 heteroatoms. The molecule has 0 aliphatic heterocycles. The van der Waals surface area contributed by atoms with E-state index in [1.807, 2.05) is 18.2 Å². The van der Waals surface area contributed by atoms with Gasteiger partial charge in [-0.15, -0.1) is 0 Å². The van der Waals surface area contributed by atoms with E-state index in [1.165, 1.54) is 0 Å². The minimum Gasteiger partial charge on any atom is -0.493 e. The van der Waals surface area contributed by atoms with E-state index in [9.17, 15) is 4.79 Å². The molecule has 1 amide bonds. The van der Waals surface area contributed by atoms with Crippen molar-refractivity contribution < 1.29 is 19.0 Å². The lowest BCUT2D eigenvalue weighted by Crippen LogP contribution is -2.23. The Morgan fingerprint density at radius 2 is 1.88 bits per heavy atom. The van der Waals surface area contributed by atoms with Gasteiger partial charge in [0, 0.05) is 17.7 Å². The maximum Gasteiger partial charge on any atom is 0.251 e. The highest BCUT2D eigenvalue weighted by atomic mass is 16.5. The molecule has 5 nitrogen and oxygen atoms in total. The average molecular weight is 327 g/mol. The second-order valence-electron chi connectivity index (χ2n) is 4.96. The van der Waals surface area contributed by atoms with Crippen LogP contribution in [-0.2, 0) is 6.54 Å². The summed E-state index contributed by atoms with van der Waals surface area (Å²) in [6.07, 6.45) is 1.67. The molecular formula is C19H21NO4. The van der Waals surface area contributed by atoms with Gasteiger partial charge < -0.3 is 19.5 Å². The molecule has 0 saturated heterocycles. The fourth-order valence-corrected chi connectivity index (χ4v) is 2.23. The topological polar surface area (TPSA) is 56.8 Å². The lowest BCUT2D eigenvalue weighted by Gasteiger charge is -2.13. The van der Waals surface area contributed by atoms with Gasteiger partial charge in [-0.25, -0.2) is 0 Å². The summed E-state index contributed by atoms with van der Waals surface area (Å²) in [5, 5.41) is 2.87. The van der Waals surface area contributed by atoms with Crippen LogP contribution in [0.15, 0.2) is 55.1 Å². The highest BCUT2D eigenvalue weighted by molar-refractivity contribution is 5.94. The molecule has 0 aliphatic carbocycles. The molecule has 0 fully saturated rings. The van der Waals surface area contributed by atoms with Gasteiger partial charge in [-0.3, -0.25) is 4.79 Å². The molecule has 2 rings (SSSR count). The van der Waals surface area contributed by atoms with Crippen molar-refractivity contribution in [3.8, 4) is 17.2 Å². The third kappa shape index (κ3) is 4.29. The van der Waals surface area contributed by atoms with Crippen molar-refractivity contribution in [3.05, 3.63) is 66.2 Å². The van der Waals surface area contributed by atoms with Crippen LogP contribution in [0.3, 0.4) is 0 Å². The molecule has 0 unspecified atom stereocenters. The average Bonchev–Trinajstić information content (AvgIpc) is 2.64. The van der Waals surface area contributed by atoms with Crippen LogP contribution in [-0.4, -0.2) is 26.7 Å². The third-order valence-corrected chi connectivity index (χ3v) is 3.41. The number of hydrogen-bond acceptors (Lipinski definition) is 4. The fourth-order valence-electron chi connectivity index (χ4n) is 2.23. The lowest BCUT2D eigenvalue weighted by atomic mass is 10.1. The Hall–Kier alpha value is -2.95. The number of rotatable bonds is 8. The van der Waals surface area contributed by atoms with Crippen LogP contribution in [0.4, 0.5) is 0 Å². The number of nitrogens with one attached hydrogen (secondary N) is 1. The molecule has 0 spiro atoms. The van der Waals surface area contributed by atoms with Gasteiger partial charge in [0.25, 0.3) is 5.91 Å². The normalized spacial score (nSPS) is 9.92. The van der Waals surface area contributed by atoms with Crippen molar-refractivity contribution in [1.82, 2.24) is 5.32 Å². The number of carbonyl (C=O) groups excluding carboxylic acids is 1. The second-order valence-corrected chi connectivity index (χ2v) is 4.96. The highest BCUT2D eigenvalue weighted by Crippen LogP contribution is 2.30. The molecular weight excluding hydrogens is 306 g/mol. The first-order valence-electron chi connectivity index (χ1n) is 7.51. The predicted octanol–water partition coefficient (Wildman–Crippen LogP) is 3.20. The zero-order valence-corrected chi connectivity index (χ0v) is 13.9. The van der Waals surface area contributed by atoms with Crippen LogP contribution in [0.5, 0.6) is 17.2 Å². The largest absolute Gasteiger partial charge is 0.493 e. The van der Waals surface area contributed by atoms with E-state index < -0.39 is 0 Å². The molecule has 2 aromatic carbocycles. The van der Waals surface area contributed by atoms with Crippen molar-refractivity contribution in [3.63, 3.8) is 0 Å². The Balaban J connectivity index is 2.01. The van der Waals surface area contributed by atoms with E-state index in [0.717, 1.165) is 5.56 Å². The molecule has 0 saturated carbocycles. The van der Waals surface area contributed by atoms with E-state index in [4.69, 9.17) is 14.2 Å². The summed E-state index contributed by atoms with van der Waals surface area (Å²) in [6.45, 7) is 4.37. The number of amides is 1. The summed E-state index contributed by atoms with van der Waals surface area (Å²) in [7, 11) is 3.15. The molecule has 0 aromatic heterocycles. The van der Waals surface area contributed by atoms with Gasteiger partial charge in [0.2, 0.25) is 0 Å². The third-order valence-electron chi connectivity index (χ3n) is 3.41. The van der Waals surface area contributed by atoms with Crippen LogP contribution in [0.25, 0.3) is 0 Å². The Morgan fingerprint density at radius 1 is 1.12 bits per heavy atom. The maximum absolute atomic E-state index is 12.3. The van der Waals surface area contributed by atoms with Crippen LogP contribution in [0.1, 0.15) is 15.9 Å². The van der Waals surface area contributed by atoms with E-state index in [-0.39, 0.29) is 5.91 Å². The number of methoxy groups -OCH3 is 2. The lowest BCUT2D eigenvalue weighted by molar-refractivity contribution is 0.0950. The Labute approximate surface area is 141 Å². The standard InChI is InChI=1S/C19H21NO4/c1-4-12-24-16-10-8-14(9-11-16)19(21)20-13-15-6-5-7-17(22-2)18(15)23-3/h4-11H,1,12-13H2,2-3H3,(H,20,21). The summed E-state index contributed by atoms with van der Waals surface area (Å²) in [4.78, 5) is 12.3. The molecule has 0 atom stereocenters. The second kappa shape index (κ2) is 8.62. The Kier molecular flexibility index (Phi) is 6.25. The Morgan fingerprint density at radius 3 is 2.50 bits per heavy atom. The van der Waals surface area contributed by atoms with Gasteiger partial charge >= 0.3 is 0 Å². The van der Waals surface area contributed by atoms with Crippen LogP contribution >= 0.6 is 0 Å². The van der Waals surface area contributed by atoms with E-state index in [0.29, 0.717) is 36.0 Å². The van der Waals surface area contributed by atoms with Gasteiger partial charge in [-0.2, -0.15) is 0 Å². The number of ether oxygens (including phenoxy) is 3. The Bertz CT molecular complexity index is 695. The SMILES string of the molecule is C=CCOc1ccc(C(=O)NCc2cccc(OC)c2OC)cc1. The quantitative estimate of drug-likeness (QED) is 0.757. The van der Waals surface area contributed by atoms with Crippen LogP contribution in [0, 0.1) is 0 Å². The minimum absolute atomic E-state index is 0.171. The van der Waals surface area contributed by atoms with E-state index in [1.54, 1.807) is 44.6 Å². The maximum atomic E-state index is 12.3. The molecule has 126 valence electrons. The zero-order valence-electron chi connectivity index (χ0n) is 13.9. The van der Waals surface area contributed by atoms with E-state index >= 15 is 0 Å². The van der Waals surface area contributed by atoms with Crippen molar-refractivity contribution in [2.75, 3.05) is 20.8 Å². The van der Waals surface area contributed by atoms with Crippen LogP contribution in [0.2, 0.25) is 0 Å². The van der Waals surface area contributed by atoms with Gasteiger partial charge in [-0.05, 0) is 30.3 Å². The molecule has 1 N–H and O–H groups in total. The van der Waals surface area contributed by atoms with Crippen molar-refractivity contribution >= 4 is 5.91 Å². The molecule has 0 heterocycles. The van der Waals surface area contributed by atoms with Crippen molar-refractivity contribution in [1.29, 1.82) is 0 Å².